The van der Waals surface area contributed by atoms with E-state index in [0.717, 1.165) is 0 Å². The first-order valence-corrected chi connectivity index (χ1v) is 4.44. The zero-order chi connectivity index (χ0) is 13.6. The Bertz CT molecular complexity index is 341. The van der Waals surface area contributed by atoms with Crippen LogP contribution in [0.1, 0.15) is 12.8 Å². The number of carboxylic acids is 2. The van der Waals surface area contributed by atoms with E-state index in [9.17, 15) is 19.2 Å². The maximum atomic E-state index is 11.0. The van der Waals surface area contributed by atoms with E-state index in [1.807, 2.05) is 0 Å². The second kappa shape index (κ2) is 6.55. The molecule has 0 bridgehead atoms. The molecule has 0 aromatic carbocycles. The van der Waals surface area contributed by atoms with E-state index < -0.39 is 48.8 Å². The van der Waals surface area contributed by atoms with E-state index in [2.05, 4.69) is 4.74 Å². The van der Waals surface area contributed by atoms with Crippen LogP contribution < -0.4 is 11.5 Å². The lowest BCUT2D eigenvalue weighted by Crippen LogP contribution is -2.38. The van der Waals surface area contributed by atoms with Gasteiger partial charge in [0, 0.05) is 0 Å². The number of esters is 2. The number of ether oxygens (including phenoxy) is 1. The molecular weight excluding hydrogens is 236 g/mol. The van der Waals surface area contributed by atoms with E-state index in [4.69, 9.17) is 21.7 Å². The topological polar surface area (TPSA) is 170 Å². The summed E-state index contributed by atoms with van der Waals surface area (Å²) < 4.78 is 4.12. The fraction of sp³-hybridized carbons (Fsp3) is 0.500. The summed E-state index contributed by atoms with van der Waals surface area (Å²) in [6.07, 6.45) is -1.40. The van der Waals surface area contributed by atoms with Crippen LogP contribution in [0.2, 0.25) is 0 Å². The molecular formula is C8H12N2O7. The molecule has 17 heavy (non-hydrogen) atoms. The van der Waals surface area contributed by atoms with Gasteiger partial charge in [-0.15, -0.1) is 0 Å². The Hall–Kier alpha value is -2.00. The van der Waals surface area contributed by atoms with Crippen molar-refractivity contribution in [2.45, 2.75) is 24.9 Å². The molecule has 1 unspecified atom stereocenters. The predicted molar refractivity (Wildman–Crippen MR) is 51.6 cm³/mol. The van der Waals surface area contributed by atoms with E-state index in [1.54, 1.807) is 0 Å². The molecule has 0 aliphatic carbocycles. The van der Waals surface area contributed by atoms with Crippen molar-refractivity contribution in [2.24, 2.45) is 11.5 Å². The summed E-state index contributed by atoms with van der Waals surface area (Å²) in [6.45, 7) is 0. The highest BCUT2D eigenvalue weighted by Gasteiger charge is 2.24. The first-order chi connectivity index (χ1) is 7.73. The largest absolute Gasteiger partial charge is 0.481 e. The molecule has 96 valence electrons. The van der Waals surface area contributed by atoms with E-state index in [0.29, 0.717) is 0 Å². The van der Waals surface area contributed by atoms with Gasteiger partial charge in [0.1, 0.15) is 12.1 Å². The zero-order valence-corrected chi connectivity index (χ0v) is 8.66. The van der Waals surface area contributed by atoms with Crippen molar-refractivity contribution in [3.63, 3.8) is 0 Å². The Labute approximate surface area is 95.3 Å². The molecule has 0 saturated carbocycles. The molecule has 0 rings (SSSR count). The van der Waals surface area contributed by atoms with Crippen molar-refractivity contribution in [2.75, 3.05) is 0 Å². The smallest absolute Gasteiger partial charge is 0.331 e. The van der Waals surface area contributed by atoms with E-state index >= 15 is 0 Å². The van der Waals surface area contributed by atoms with Crippen molar-refractivity contribution in [1.82, 2.24) is 0 Å². The van der Waals surface area contributed by atoms with Crippen LogP contribution in [0.15, 0.2) is 0 Å². The van der Waals surface area contributed by atoms with Crippen molar-refractivity contribution in [3.8, 4) is 0 Å². The second-order valence-electron chi connectivity index (χ2n) is 3.15. The Morgan fingerprint density at radius 1 is 1.00 bits per heavy atom. The predicted octanol–water partition coefficient (Wildman–Crippen LogP) is -2.34. The third-order valence-corrected chi connectivity index (χ3v) is 1.62. The highest BCUT2D eigenvalue weighted by atomic mass is 16.6. The zero-order valence-electron chi connectivity index (χ0n) is 8.66. The summed E-state index contributed by atoms with van der Waals surface area (Å²) in [4.78, 5) is 42.5. The molecule has 9 heteroatoms. The van der Waals surface area contributed by atoms with Crippen molar-refractivity contribution >= 4 is 23.9 Å². The minimum Gasteiger partial charge on any atom is -0.481 e. The molecule has 6 N–H and O–H groups in total. The van der Waals surface area contributed by atoms with Gasteiger partial charge >= 0.3 is 23.9 Å². The van der Waals surface area contributed by atoms with Gasteiger partial charge in [-0.1, -0.05) is 0 Å². The van der Waals surface area contributed by atoms with Gasteiger partial charge in [0.15, 0.2) is 0 Å². The molecule has 0 radical (unpaired) electrons. The summed E-state index contributed by atoms with van der Waals surface area (Å²) in [6, 6.07) is -2.98. The third kappa shape index (κ3) is 6.22. The number of hydrogen-bond acceptors (Lipinski definition) is 7. The third-order valence-electron chi connectivity index (χ3n) is 1.62. The average Bonchev–Trinajstić information content (AvgIpc) is 2.15. The van der Waals surface area contributed by atoms with E-state index in [-0.39, 0.29) is 0 Å². The standard InChI is InChI=1S/C8H12N2O7/c9-3(7(14)15)2-6(13)17-8(16)4(10)1-5(11)12/h3-4H,1-2,9-10H2,(H,11,12)(H,14,15)/t3?,4-/m0/s1. The van der Waals surface area contributed by atoms with Gasteiger partial charge in [-0.3, -0.25) is 14.4 Å². The quantitative estimate of drug-likeness (QED) is 0.297. The lowest BCUT2D eigenvalue weighted by molar-refractivity contribution is -0.163. The summed E-state index contributed by atoms with van der Waals surface area (Å²) in [5.74, 6) is -5.17. The number of rotatable bonds is 6. The number of nitrogens with two attached hydrogens (primary N) is 2. The SMILES string of the molecule is NC(CC(=O)OC(=O)[C@@H](N)CC(=O)O)C(=O)O. The minimum absolute atomic E-state index is 0.697. The monoisotopic (exact) mass is 248 g/mol. The second-order valence-corrected chi connectivity index (χ2v) is 3.15. The van der Waals surface area contributed by atoms with E-state index in [1.165, 1.54) is 0 Å². The van der Waals surface area contributed by atoms with Crippen LogP contribution in [-0.2, 0) is 23.9 Å². The van der Waals surface area contributed by atoms with Gasteiger partial charge in [0.2, 0.25) is 0 Å². The summed E-state index contributed by atoms with van der Waals surface area (Å²) in [5.41, 5.74) is 10.1. The van der Waals surface area contributed by atoms with Gasteiger partial charge in [0.25, 0.3) is 0 Å². The first kappa shape index (κ1) is 15.0. The molecule has 0 aliphatic rings. The minimum atomic E-state index is -1.49. The first-order valence-electron chi connectivity index (χ1n) is 4.44. The van der Waals surface area contributed by atoms with Crippen molar-refractivity contribution < 1.29 is 34.1 Å². The Morgan fingerprint density at radius 3 is 1.94 bits per heavy atom. The van der Waals surface area contributed by atoms with Crippen LogP contribution >= 0.6 is 0 Å². The Morgan fingerprint density at radius 2 is 1.53 bits per heavy atom. The van der Waals surface area contributed by atoms with Gasteiger partial charge < -0.3 is 26.4 Å². The lowest BCUT2D eigenvalue weighted by Gasteiger charge is -2.09. The molecule has 9 nitrogen and oxygen atoms in total. The highest BCUT2D eigenvalue weighted by molar-refractivity contribution is 5.92. The van der Waals surface area contributed by atoms with Crippen LogP contribution in [0.25, 0.3) is 0 Å². The fourth-order valence-electron chi connectivity index (χ4n) is 0.768. The van der Waals surface area contributed by atoms with Crippen molar-refractivity contribution in [1.29, 1.82) is 0 Å². The van der Waals surface area contributed by atoms with Crippen LogP contribution in [0.4, 0.5) is 0 Å². The normalized spacial score (nSPS) is 13.5. The Kier molecular flexibility index (Phi) is 5.78. The molecule has 0 heterocycles. The fourth-order valence-corrected chi connectivity index (χ4v) is 0.768. The van der Waals surface area contributed by atoms with Gasteiger partial charge in [-0.05, 0) is 0 Å². The molecule has 2 atom stereocenters. The number of carboxylic acid groups (broad SMARTS) is 2. The summed E-state index contributed by atoms with van der Waals surface area (Å²) >= 11 is 0. The maximum absolute atomic E-state index is 11.0. The maximum Gasteiger partial charge on any atom is 0.331 e. The van der Waals surface area contributed by atoms with Crippen LogP contribution in [0.3, 0.4) is 0 Å². The summed E-state index contributed by atoms with van der Waals surface area (Å²) in [7, 11) is 0. The Balaban J connectivity index is 4.16. The average molecular weight is 248 g/mol. The molecule has 0 aromatic rings. The molecule has 0 saturated heterocycles. The number of hydrogen-bond donors (Lipinski definition) is 4. The number of aliphatic carboxylic acids is 2. The van der Waals surface area contributed by atoms with Crippen molar-refractivity contribution in [3.05, 3.63) is 0 Å². The number of carbonyl (C=O) groups excluding carboxylic acids is 2. The van der Waals surface area contributed by atoms with Gasteiger partial charge in [0.05, 0.1) is 12.8 Å². The lowest BCUT2D eigenvalue weighted by atomic mass is 10.2. The van der Waals surface area contributed by atoms with Crippen LogP contribution in [0.5, 0.6) is 0 Å². The van der Waals surface area contributed by atoms with Crippen LogP contribution in [0, 0.1) is 0 Å². The van der Waals surface area contributed by atoms with Gasteiger partial charge in [-0.25, -0.2) is 4.79 Å². The molecule has 0 spiro atoms. The molecule has 0 amide bonds. The summed E-state index contributed by atoms with van der Waals surface area (Å²) in [5, 5.41) is 16.7. The van der Waals surface area contributed by atoms with Crippen LogP contribution in [-0.4, -0.2) is 46.2 Å². The molecule has 0 fully saturated rings. The number of carbonyl (C=O) groups is 4. The van der Waals surface area contributed by atoms with Gasteiger partial charge in [-0.2, -0.15) is 0 Å². The molecule has 0 aromatic heterocycles. The highest BCUT2D eigenvalue weighted by Crippen LogP contribution is 1.97. The molecule has 0 aliphatic heterocycles.